The largest absolute Gasteiger partial charge is 0.493 e. The molecule has 0 saturated carbocycles. The molecular weight excluding hydrogens is 289 g/mol. The van der Waals surface area contributed by atoms with E-state index in [-0.39, 0.29) is 24.8 Å². The first-order valence-corrected chi connectivity index (χ1v) is 7.43. The van der Waals surface area contributed by atoms with Gasteiger partial charge in [-0.25, -0.2) is 9.18 Å². The van der Waals surface area contributed by atoms with Gasteiger partial charge in [-0.1, -0.05) is 25.8 Å². The fraction of sp³-hybridized carbons (Fsp3) is 0.500. The highest BCUT2D eigenvalue weighted by Gasteiger charge is 2.18. The first kappa shape index (κ1) is 17.9. The van der Waals surface area contributed by atoms with Gasteiger partial charge >= 0.3 is 5.97 Å². The van der Waals surface area contributed by atoms with Gasteiger partial charge in [-0.3, -0.25) is 4.79 Å². The number of halogens is 1. The summed E-state index contributed by atoms with van der Waals surface area (Å²) in [7, 11) is 0. The standard InChI is InChI=1S/C16H22FNO4/c1-2-3-8-14(16(20)21)18-15(19)9-5-10-22-13-7-4-6-12(17)11-13/h4,6-7,11,14H,2-3,5,8-10H2,1H3,(H,18,19)(H,20,21)/t14-/m0/s1. The van der Waals surface area contributed by atoms with Crippen molar-refractivity contribution in [3.05, 3.63) is 30.1 Å². The summed E-state index contributed by atoms with van der Waals surface area (Å²) in [6, 6.07) is 4.93. The third kappa shape index (κ3) is 7.06. The second-order valence-electron chi connectivity index (χ2n) is 5.01. The molecule has 0 radical (unpaired) electrons. The number of benzene rings is 1. The van der Waals surface area contributed by atoms with E-state index in [1.54, 1.807) is 12.1 Å². The number of rotatable bonds is 10. The van der Waals surface area contributed by atoms with Gasteiger partial charge in [-0.2, -0.15) is 0 Å². The van der Waals surface area contributed by atoms with Gasteiger partial charge in [0.05, 0.1) is 6.61 Å². The molecule has 0 aliphatic rings. The smallest absolute Gasteiger partial charge is 0.326 e. The summed E-state index contributed by atoms with van der Waals surface area (Å²) in [5.74, 6) is -1.30. The molecular formula is C16H22FNO4. The lowest BCUT2D eigenvalue weighted by Crippen LogP contribution is -2.40. The molecule has 1 aromatic carbocycles. The van der Waals surface area contributed by atoms with E-state index in [1.807, 2.05) is 6.92 Å². The molecule has 1 aromatic rings. The molecule has 0 spiro atoms. The van der Waals surface area contributed by atoms with Crippen LogP contribution in [0.5, 0.6) is 5.75 Å². The number of unbranched alkanes of at least 4 members (excludes halogenated alkanes) is 1. The van der Waals surface area contributed by atoms with Crippen molar-refractivity contribution in [2.24, 2.45) is 0 Å². The first-order chi connectivity index (χ1) is 10.5. The van der Waals surface area contributed by atoms with Gasteiger partial charge in [0.25, 0.3) is 0 Å². The number of carbonyl (C=O) groups excluding carboxylic acids is 1. The van der Waals surface area contributed by atoms with Crippen molar-refractivity contribution in [2.75, 3.05) is 6.61 Å². The van der Waals surface area contributed by atoms with Gasteiger partial charge in [-0.15, -0.1) is 0 Å². The summed E-state index contributed by atoms with van der Waals surface area (Å²) in [4.78, 5) is 22.7. The van der Waals surface area contributed by atoms with Gasteiger partial charge < -0.3 is 15.2 Å². The van der Waals surface area contributed by atoms with Crippen LogP contribution in [0.1, 0.15) is 39.0 Å². The zero-order valence-corrected chi connectivity index (χ0v) is 12.7. The Morgan fingerprint density at radius 1 is 1.36 bits per heavy atom. The van der Waals surface area contributed by atoms with Crippen LogP contribution in [0.2, 0.25) is 0 Å². The number of nitrogens with one attached hydrogen (secondary N) is 1. The maximum Gasteiger partial charge on any atom is 0.326 e. The van der Waals surface area contributed by atoms with Crippen LogP contribution >= 0.6 is 0 Å². The average Bonchev–Trinajstić information content (AvgIpc) is 2.47. The van der Waals surface area contributed by atoms with E-state index < -0.39 is 12.0 Å². The van der Waals surface area contributed by atoms with E-state index in [9.17, 15) is 14.0 Å². The molecule has 1 rings (SSSR count). The predicted octanol–water partition coefficient (Wildman–Crippen LogP) is 2.74. The van der Waals surface area contributed by atoms with E-state index in [1.165, 1.54) is 12.1 Å². The zero-order chi connectivity index (χ0) is 16.4. The van der Waals surface area contributed by atoms with Crippen molar-refractivity contribution in [1.82, 2.24) is 5.32 Å². The van der Waals surface area contributed by atoms with Crippen LogP contribution in [0, 0.1) is 5.82 Å². The van der Waals surface area contributed by atoms with E-state index in [0.29, 0.717) is 18.6 Å². The minimum absolute atomic E-state index is 0.172. The van der Waals surface area contributed by atoms with Crippen LogP contribution in [0.15, 0.2) is 24.3 Å². The third-order valence-corrected chi connectivity index (χ3v) is 3.09. The molecule has 0 aliphatic heterocycles. The van der Waals surface area contributed by atoms with Crippen LogP contribution < -0.4 is 10.1 Å². The van der Waals surface area contributed by atoms with E-state index in [4.69, 9.17) is 9.84 Å². The van der Waals surface area contributed by atoms with Crippen molar-refractivity contribution in [1.29, 1.82) is 0 Å². The summed E-state index contributed by atoms with van der Waals surface area (Å²) in [6.07, 6.45) is 2.66. The lowest BCUT2D eigenvalue weighted by Gasteiger charge is -2.14. The molecule has 0 bridgehead atoms. The fourth-order valence-corrected chi connectivity index (χ4v) is 1.91. The Morgan fingerprint density at radius 3 is 2.77 bits per heavy atom. The molecule has 5 nitrogen and oxygen atoms in total. The summed E-state index contributed by atoms with van der Waals surface area (Å²) in [5, 5.41) is 11.5. The number of hydrogen-bond donors (Lipinski definition) is 2. The van der Waals surface area contributed by atoms with Gasteiger partial charge in [0.1, 0.15) is 17.6 Å². The van der Waals surface area contributed by atoms with Crippen LogP contribution in [0.25, 0.3) is 0 Å². The van der Waals surface area contributed by atoms with Gasteiger partial charge in [0.15, 0.2) is 0 Å². The predicted molar refractivity (Wildman–Crippen MR) is 80.2 cm³/mol. The van der Waals surface area contributed by atoms with Gasteiger partial charge in [0, 0.05) is 12.5 Å². The summed E-state index contributed by atoms with van der Waals surface area (Å²) >= 11 is 0. The van der Waals surface area contributed by atoms with Crippen molar-refractivity contribution < 1.29 is 23.8 Å². The van der Waals surface area contributed by atoms with Crippen molar-refractivity contribution in [3.63, 3.8) is 0 Å². The second-order valence-corrected chi connectivity index (χ2v) is 5.01. The van der Waals surface area contributed by atoms with E-state index in [2.05, 4.69) is 5.32 Å². The maximum atomic E-state index is 12.9. The Hall–Kier alpha value is -2.11. The zero-order valence-electron chi connectivity index (χ0n) is 12.7. The normalized spacial score (nSPS) is 11.7. The van der Waals surface area contributed by atoms with Crippen molar-refractivity contribution >= 4 is 11.9 Å². The number of carboxylic acids is 1. The molecule has 2 N–H and O–H groups in total. The lowest BCUT2D eigenvalue weighted by atomic mass is 10.1. The third-order valence-electron chi connectivity index (χ3n) is 3.09. The summed E-state index contributed by atoms with van der Waals surface area (Å²) < 4.78 is 18.2. The molecule has 0 heterocycles. The number of ether oxygens (including phenoxy) is 1. The second kappa shape index (κ2) is 9.76. The molecule has 1 atom stereocenters. The highest BCUT2D eigenvalue weighted by molar-refractivity contribution is 5.83. The summed E-state index contributed by atoms with van der Waals surface area (Å²) in [5.41, 5.74) is 0. The number of carbonyl (C=O) groups is 2. The monoisotopic (exact) mass is 311 g/mol. The van der Waals surface area contributed by atoms with Crippen LogP contribution in [-0.2, 0) is 9.59 Å². The van der Waals surface area contributed by atoms with E-state index in [0.717, 1.165) is 12.8 Å². The van der Waals surface area contributed by atoms with Crippen molar-refractivity contribution in [3.8, 4) is 5.75 Å². The Labute approximate surface area is 129 Å². The molecule has 1 amide bonds. The lowest BCUT2D eigenvalue weighted by molar-refractivity contribution is -0.142. The number of amides is 1. The Bertz CT molecular complexity index is 493. The molecule has 0 unspecified atom stereocenters. The van der Waals surface area contributed by atoms with E-state index >= 15 is 0 Å². The molecule has 0 aliphatic carbocycles. The minimum atomic E-state index is -1.02. The molecule has 0 aromatic heterocycles. The van der Waals surface area contributed by atoms with Crippen LogP contribution in [-0.4, -0.2) is 29.6 Å². The molecule has 6 heteroatoms. The maximum absolute atomic E-state index is 12.9. The topological polar surface area (TPSA) is 75.6 Å². The highest BCUT2D eigenvalue weighted by atomic mass is 19.1. The summed E-state index contributed by atoms with van der Waals surface area (Å²) in [6.45, 7) is 2.23. The number of hydrogen-bond acceptors (Lipinski definition) is 3. The average molecular weight is 311 g/mol. The SMILES string of the molecule is CCCC[C@H](NC(=O)CCCOc1cccc(F)c1)C(=O)O. The molecule has 122 valence electrons. The molecule has 0 fully saturated rings. The first-order valence-electron chi connectivity index (χ1n) is 7.43. The number of carboxylic acid groups (broad SMARTS) is 1. The van der Waals surface area contributed by atoms with Crippen molar-refractivity contribution in [2.45, 2.75) is 45.1 Å². The van der Waals surface area contributed by atoms with Gasteiger partial charge in [0.2, 0.25) is 5.91 Å². The highest BCUT2D eigenvalue weighted by Crippen LogP contribution is 2.12. The minimum Gasteiger partial charge on any atom is -0.493 e. The van der Waals surface area contributed by atoms with Crippen LogP contribution in [0.4, 0.5) is 4.39 Å². The van der Waals surface area contributed by atoms with Gasteiger partial charge in [-0.05, 0) is 25.0 Å². The number of aliphatic carboxylic acids is 1. The molecule has 22 heavy (non-hydrogen) atoms. The Balaban J connectivity index is 2.26. The Kier molecular flexibility index (Phi) is 7.96. The molecule has 0 saturated heterocycles. The fourth-order valence-electron chi connectivity index (χ4n) is 1.91. The quantitative estimate of drug-likeness (QED) is 0.652. The van der Waals surface area contributed by atoms with Crippen LogP contribution in [0.3, 0.4) is 0 Å². The Morgan fingerprint density at radius 2 is 2.14 bits per heavy atom.